The molecule has 2 heterocycles. The van der Waals surface area contributed by atoms with Gasteiger partial charge >= 0.3 is 6.03 Å². The highest BCUT2D eigenvalue weighted by molar-refractivity contribution is 5.80. The minimum absolute atomic E-state index is 0.0164. The van der Waals surface area contributed by atoms with Gasteiger partial charge in [-0.3, -0.25) is 0 Å². The van der Waals surface area contributed by atoms with Crippen LogP contribution in [0.25, 0.3) is 0 Å². The molecule has 0 bridgehead atoms. The van der Waals surface area contributed by atoms with Crippen LogP contribution in [0.15, 0.2) is 53.3 Å². The van der Waals surface area contributed by atoms with Crippen molar-refractivity contribution in [2.75, 3.05) is 19.6 Å². The zero-order valence-corrected chi connectivity index (χ0v) is 16.6. The molecule has 1 atom stereocenters. The summed E-state index contributed by atoms with van der Waals surface area (Å²) in [4.78, 5) is 14.9. The molecule has 2 N–H and O–H groups in total. The molecule has 3 aliphatic rings. The number of piperidine rings is 1. The van der Waals surface area contributed by atoms with Crippen LogP contribution >= 0.6 is 0 Å². The normalized spacial score (nSPS) is 25.3. The average molecular weight is 366 g/mol. The largest absolute Gasteiger partial charge is 0.327 e. The third-order valence-corrected chi connectivity index (χ3v) is 6.18. The molecule has 1 aromatic rings. The van der Waals surface area contributed by atoms with E-state index >= 15 is 0 Å². The van der Waals surface area contributed by atoms with E-state index < -0.39 is 0 Å². The van der Waals surface area contributed by atoms with Gasteiger partial charge in [-0.25, -0.2) is 4.79 Å². The summed E-state index contributed by atoms with van der Waals surface area (Å²) in [7, 11) is 0. The summed E-state index contributed by atoms with van der Waals surface area (Å²) in [5.41, 5.74) is 4.94. The molecule has 4 rings (SSSR count). The Morgan fingerprint density at radius 1 is 1.11 bits per heavy atom. The number of carbonyl (C=O) groups is 1. The molecular formula is C23H31N3O. The predicted molar refractivity (Wildman–Crippen MR) is 109 cm³/mol. The van der Waals surface area contributed by atoms with Crippen LogP contribution in [0.5, 0.6) is 0 Å². The van der Waals surface area contributed by atoms with Gasteiger partial charge in [-0.05, 0) is 61.4 Å². The number of benzene rings is 1. The molecule has 27 heavy (non-hydrogen) atoms. The van der Waals surface area contributed by atoms with E-state index in [0.717, 1.165) is 30.6 Å². The second kappa shape index (κ2) is 7.51. The maximum absolute atomic E-state index is 12.3. The van der Waals surface area contributed by atoms with Crippen LogP contribution < -0.4 is 10.6 Å². The van der Waals surface area contributed by atoms with Gasteiger partial charge in [0.15, 0.2) is 0 Å². The van der Waals surface area contributed by atoms with Crippen LogP contribution in [0.3, 0.4) is 0 Å². The molecule has 0 spiro atoms. The molecule has 1 fully saturated rings. The number of hydrogen-bond acceptors (Lipinski definition) is 2. The Morgan fingerprint density at radius 3 is 2.59 bits per heavy atom. The molecule has 4 heteroatoms. The Bertz CT molecular complexity index is 757. The lowest BCUT2D eigenvalue weighted by molar-refractivity contribution is 0.227. The van der Waals surface area contributed by atoms with Crippen molar-refractivity contribution in [2.45, 2.75) is 52.0 Å². The summed E-state index contributed by atoms with van der Waals surface area (Å²) >= 11 is 0. The number of allylic oxidation sites excluding steroid dienone is 1. The molecule has 144 valence electrons. The third-order valence-electron chi connectivity index (χ3n) is 6.18. The van der Waals surface area contributed by atoms with Crippen molar-refractivity contribution in [1.82, 2.24) is 15.5 Å². The number of likely N-dealkylation sites (tertiary alicyclic amines) is 1. The van der Waals surface area contributed by atoms with Crippen molar-refractivity contribution in [2.24, 2.45) is 5.41 Å². The first-order chi connectivity index (χ1) is 13.0. The van der Waals surface area contributed by atoms with Gasteiger partial charge in [0.2, 0.25) is 0 Å². The van der Waals surface area contributed by atoms with Crippen molar-refractivity contribution in [1.29, 1.82) is 0 Å². The van der Waals surface area contributed by atoms with E-state index in [9.17, 15) is 4.79 Å². The van der Waals surface area contributed by atoms with Crippen LogP contribution in [-0.2, 0) is 0 Å². The first-order valence-corrected chi connectivity index (χ1v) is 10.3. The zero-order chi connectivity index (χ0) is 18.9. The molecule has 0 radical (unpaired) electrons. The van der Waals surface area contributed by atoms with Crippen molar-refractivity contribution in [3.05, 3.63) is 58.8 Å². The quantitative estimate of drug-likeness (QED) is 0.823. The van der Waals surface area contributed by atoms with Crippen LogP contribution in [-0.4, -0.2) is 30.6 Å². The SMILES string of the molecule is CC1(C)CC(CCN2CCCCC2)=CC2=C1C(c1ccccc1)NC(=O)N2. The number of carbonyl (C=O) groups excluding carboxylic acids is 1. The molecule has 1 unspecified atom stereocenters. The lowest BCUT2D eigenvalue weighted by Crippen LogP contribution is -2.47. The first kappa shape index (κ1) is 18.3. The second-order valence-corrected chi connectivity index (χ2v) is 8.79. The van der Waals surface area contributed by atoms with Crippen molar-refractivity contribution in [3.63, 3.8) is 0 Å². The summed E-state index contributed by atoms with van der Waals surface area (Å²) in [6, 6.07) is 10.2. The minimum Gasteiger partial charge on any atom is -0.327 e. The van der Waals surface area contributed by atoms with Gasteiger partial charge in [0.05, 0.1) is 6.04 Å². The zero-order valence-electron chi connectivity index (χ0n) is 16.6. The van der Waals surface area contributed by atoms with Gasteiger partial charge < -0.3 is 15.5 Å². The molecule has 2 amide bonds. The highest BCUT2D eigenvalue weighted by Crippen LogP contribution is 2.47. The first-order valence-electron chi connectivity index (χ1n) is 10.3. The molecular weight excluding hydrogens is 334 g/mol. The van der Waals surface area contributed by atoms with E-state index in [1.807, 2.05) is 18.2 Å². The van der Waals surface area contributed by atoms with Gasteiger partial charge in [0, 0.05) is 12.2 Å². The molecule has 0 aromatic heterocycles. The highest BCUT2D eigenvalue weighted by atomic mass is 16.2. The van der Waals surface area contributed by atoms with Gasteiger partial charge in [0.25, 0.3) is 0 Å². The summed E-state index contributed by atoms with van der Waals surface area (Å²) in [5, 5.41) is 6.22. The van der Waals surface area contributed by atoms with Crippen LogP contribution in [0, 0.1) is 5.41 Å². The fourth-order valence-corrected chi connectivity index (χ4v) is 4.91. The van der Waals surface area contributed by atoms with E-state index in [2.05, 4.69) is 47.6 Å². The van der Waals surface area contributed by atoms with Crippen molar-refractivity contribution < 1.29 is 4.79 Å². The number of urea groups is 1. The van der Waals surface area contributed by atoms with Gasteiger partial charge in [-0.2, -0.15) is 0 Å². The Hall–Kier alpha value is -2.07. The Balaban J connectivity index is 1.60. The Kier molecular flexibility index (Phi) is 5.09. The van der Waals surface area contributed by atoms with Gasteiger partial charge in [-0.1, -0.05) is 56.2 Å². The molecule has 0 saturated carbocycles. The number of nitrogens with one attached hydrogen (secondary N) is 2. The summed E-state index contributed by atoms with van der Waals surface area (Å²) in [6.07, 6.45) is 8.45. The maximum Gasteiger partial charge on any atom is 0.319 e. The number of nitrogens with zero attached hydrogens (tertiary/aromatic N) is 1. The van der Waals surface area contributed by atoms with E-state index in [4.69, 9.17) is 0 Å². The lowest BCUT2D eigenvalue weighted by Gasteiger charge is -2.42. The van der Waals surface area contributed by atoms with E-state index in [1.165, 1.54) is 43.5 Å². The second-order valence-electron chi connectivity index (χ2n) is 8.79. The third kappa shape index (κ3) is 3.96. The molecule has 4 nitrogen and oxygen atoms in total. The van der Waals surface area contributed by atoms with Crippen molar-refractivity contribution >= 4 is 6.03 Å². The summed E-state index contributed by atoms with van der Waals surface area (Å²) in [5.74, 6) is 0. The van der Waals surface area contributed by atoms with Crippen LogP contribution in [0.2, 0.25) is 0 Å². The monoisotopic (exact) mass is 365 g/mol. The smallest absolute Gasteiger partial charge is 0.319 e. The Morgan fingerprint density at radius 2 is 1.85 bits per heavy atom. The fraction of sp³-hybridized carbons (Fsp3) is 0.522. The molecule has 1 aromatic carbocycles. The Labute approximate surface area is 162 Å². The minimum atomic E-state index is -0.105. The highest BCUT2D eigenvalue weighted by Gasteiger charge is 2.39. The van der Waals surface area contributed by atoms with Crippen LogP contribution in [0.1, 0.15) is 57.6 Å². The molecule has 1 aliphatic carbocycles. The topological polar surface area (TPSA) is 44.4 Å². The van der Waals surface area contributed by atoms with Gasteiger partial charge in [-0.15, -0.1) is 0 Å². The maximum atomic E-state index is 12.3. The predicted octanol–water partition coefficient (Wildman–Crippen LogP) is 4.53. The van der Waals surface area contributed by atoms with Crippen molar-refractivity contribution in [3.8, 4) is 0 Å². The number of hydrogen-bond donors (Lipinski definition) is 2. The van der Waals surface area contributed by atoms with Gasteiger partial charge in [0.1, 0.15) is 0 Å². The summed E-state index contributed by atoms with van der Waals surface area (Å²) < 4.78 is 0. The average Bonchev–Trinajstić information content (AvgIpc) is 2.66. The molecule has 1 saturated heterocycles. The lowest BCUT2D eigenvalue weighted by atomic mass is 9.69. The van der Waals surface area contributed by atoms with E-state index in [1.54, 1.807) is 0 Å². The number of amides is 2. The van der Waals surface area contributed by atoms with E-state index in [0.29, 0.717) is 0 Å². The summed E-state index contributed by atoms with van der Waals surface area (Å²) in [6.45, 7) is 8.23. The number of rotatable bonds is 4. The molecule has 2 aliphatic heterocycles. The van der Waals surface area contributed by atoms with E-state index in [-0.39, 0.29) is 17.5 Å². The fourth-order valence-electron chi connectivity index (χ4n) is 4.91. The van der Waals surface area contributed by atoms with Crippen LogP contribution in [0.4, 0.5) is 4.79 Å². The standard InChI is InChI=1S/C23H31N3O/c1-23(2)16-17(11-14-26-12-7-4-8-13-26)15-19-20(23)21(25-22(27)24-19)18-9-5-3-6-10-18/h3,5-6,9-10,15,21H,4,7-8,11-14,16H2,1-2H3,(H2,24,25,27).